The van der Waals surface area contributed by atoms with Gasteiger partial charge in [0.05, 0.1) is 23.8 Å². The predicted octanol–water partition coefficient (Wildman–Crippen LogP) is 3.95. The maximum Gasteiger partial charge on any atom is 0.255 e. The molecule has 1 atom stereocenters. The second-order valence-corrected chi connectivity index (χ2v) is 8.27. The smallest absolute Gasteiger partial charge is 0.255 e. The Labute approximate surface area is 200 Å². The molecule has 1 aromatic heterocycles. The number of aliphatic hydroxyl groups is 1. The van der Waals surface area contributed by atoms with Gasteiger partial charge >= 0.3 is 0 Å². The van der Waals surface area contributed by atoms with Crippen molar-refractivity contribution in [1.82, 2.24) is 10.3 Å². The highest BCUT2D eigenvalue weighted by atomic mass is 19.1. The largest absolute Gasteiger partial charge is 0.486 e. The van der Waals surface area contributed by atoms with Crippen molar-refractivity contribution in [3.63, 3.8) is 0 Å². The normalized spacial score (nSPS) is 13.3. The van der Waals surface area contributed by atoms with E-state index in [-0.39, 0.29) is 17.7 Å². The first-order valence-electron chi connectivity index (χ1n) is 11.2. The van der Waals surface area contributed by atoms with Crippen LogP contribution in [-0.2, 0) is 6.42 Å². The van der Waals surface area contributed by atoms with Crippen LogP contribution in [0.3, 0.4) is 0 Å². The molecule has 176 valence electrons. The van der Waals surface area contributed by atoms with Crippen LogP contribution in [0.4, 0.5) is 4.39 Å². The molecule has 0 spiro atoms. The summed E-state index contributed by atoms with van der Waals surface area (Å²) in [5.41, 5.74) is 3.24. The molecule has 1 amide bonds. The molecular weight excluding hydrogens is 449 g/mol. The number of hydrogen-bond donors (Lipinski definition) is 3. The summed E-state index contributed by atoms with van der Waals surface area (Å²) in [6.45, 7) is 0.360. The number of halogens is 1. The minimum absolute atomic E-state index is 0.0949. The number of benzene rings is 3. The molecule has 35 heavy (non-hydrogen) atoms. The zero-order valence-electron chi connectivity index (χ0n) is 18.7. The molecule has 0 bridgehead atoms. The molecule has 3 aromatic carbocycles. The zero-order valence-corrected chi connectivity index (χ0v) is 18.7. The molecule has 0 radical (unpaired) electrons. The van der Waals surface area contributed by atoms with Crippen molar-refractivity contribution >= 4 is 16.8 Å². The SMILES string of the molecule is N#Cc1cc(-c2cc3c(c(C(=O)NC(CO)Cc4c[nH]c5ccccc45)c2)OCCO3)ccc1F. The number of ether oxygens (including phenoxy) is 2. The van der Waals surface area contributed by atoms with Gasteiger partial charge in [-0.25, -0.2) is 4.39 Å². The summed E-state index contributed by atoms with van der Waals surface area (Å²) < 4.78 is 25.3. The summed E-state index contributed by atoms with van der Waals surface area (Å²) in [6.07, 6.45) is 2.30. The molecule has 0 saturated heterocycles. The average Bonchev–Trinajstić information content (AvgIpc) is 3.30. The third-order valence-electron chi connectivity index (χ3n) is 6.00. The fourth-order valence-electron chi connectivity index (χ4n) is 4.27. The molecular formula is C27H22FN3O4. The number of nitrogens with zero attached hydrogens (tertiary/aromatic N) is 1. The molecule has 1 unspecified atom stereocenters. The quantitative estimate of drug-likeness (QED) is 0.395. The number of H-pyrrole nitrogens is 1. The zero-order chi connectivity index (χ0) is 24.4. The van der Waals surface area contributed by atoms with Crippen LogP contribution in [0.25, 0.3) is 22.0 Å². The van der Waals surface area contributed by atoms with Crippen LogP contribution < -0.4 is 14.8 Å². The first-order chi connectivity index (χ1) is 17.1. The monoisotopic (exact) mass is 471 g/mol. The van der Waals surface area contributed by atoms with Gasteiger partial charge < -0.3 is 24.9 Å². The fourth-order valence-corrected chi connectivity index (χ4v) is 4.27. The van der Waals surface area contributed by atoms with Gasteiger partial charge in [0, 0.05) is 17.1 Å². The number of carbonyl (C=O) groups excluding carboxylic acids is 1. The number of aromatic nitrogens is 1. The molecule has 7 nitrogen and oxygen atoms in total. The van der Waals surface area contributed by atoms with Crippen molar-refractivity contribution in [3.8, 4) is 28.7 Å². The summed E-state index contributed by atoms with van der Waals surface area (Å²) >= 11 is 0. The van der Waals surface area contributed by atoms with Crippen LogP contribution in [0, 0.1) is 17.1 Å². The topological polar surface area (TPSA) is 107 Å². The van der Waals surface area contributed by atoms with E-state index in [1.54, 1.807) is 12.1 Å². The van der Waals surface area contributed by atoms with Crippen LogP contribution in [0.1, 0.15) is 21.5 Å². The van der Waals surface area contributed by atoms with Crippen LogP contribution >= 0.6 is 0 Å². The molecule has 5 rings (SSSR count). The van der Waals surface area contributed by atoms with Crippen LogP contribution in [0.2, 0.25) is 0 Å². The number of nitriles is 1. The number of rotatable bonds is 6. The van der Waals surface area contributed by atoms with Gasteiger partial charge in [-0.05, 0) is 53.4 Å². The molecule has 3 N–H and O–H groups in total. The molecule has 0 fully saturated rings. The first kappa shape index (κ1) is 22.4. The van der Waals surface area contributed by atoms with E-state index in [2.05, 4.69) is 10.3 Å². The average molecular weight is 471 g/mol. The Balaban J connectivity index is 1.46. The minimum atomic E-state index is -0.616. The third-order valence-corrected chi connectivity index (χ3v) is 6.00. The number of amides is 1. The van der Waals surface area contributed by atoms with Crippen molar-refractivity contribution in [1.29, 1.82) is 5.26 Å². The van der Waals surface area contributed by atoms with E-state index in [1.165, 1.54) is 18.2 Å². The minimum Gasteiger partial charge on any atom is -0.486 e. The molecule has 4 aromatic rings. The number of para-hydroxylation sites is 1. The van der Waals surface area contributed by atoms with E-state index in [4.69, 9.17) is 9.47 Å². The van der Waals surface area contributed by atoms with Crippen molar-refractivity contribution in [2.24, 2.45) is 0 Å². The Morgan fingerprint density at radius 2 is 1.97 bits per heavy atom. The van der Waals surface area contributed by atoms with Gasteiger partial charge in [0.25, 0.3) is 5.91 Å². The van der Waals surface area contributed by atoms with Gasteiger partial charge in [0.1, 0.15) is 25.1 Å². The van der Waals surface area contributed by atoms with Gasteiger partial charge in [-0.3, -0.25) is 4.79 Å². The standard InChI is InChI=1S/C27H22FN3O4/c28-23-6-5-16(9-18(23)13-29)17-11-22(26-25(12-17)34-7-8-35-26)27(33)31-20(15-32)10-19-14-30-24-4-2-1-3-21(19)24/h1-6,9,11-12,14,20,30,32H,7-8,10,15H2,(H,31,33). The molecule has 2 heterocycles. The number of hydrogen-bond acceptors (Lipinski definition) is 5. The van der Waals surface area contributed by atoms with E-state index in [1.807, 2.05) is 36.5 Å². The molecule has 1 aliphatic heterocycles. The lowest BCUT2D eigenvalue weighted by Gasteiger charge is -2.23. The van der Waals surface area contributed by atoms with E-state index >= 15 is 0 Å². The number of fused-ring (bicyclic) bond motifs is 2. The summed E-state index contributed by atoms with van der Waals surface area (Å²) in [5, 5.41) is 23.1. The number of nitrogens with one attached hydrogen (secondary N) is 2. The van der Waals surface area contributed by atoms with Crippen molar-refractivity contribution < 1.29 is 23.8 Å². The molecule has 0 saturated carbocycles. The molecule has 0 aliphatic carbocycles. The van der Waals surface area contributed by atoms with Crippen molar-refractivity contribution in [2.45, 2.75) is 12.5 Å². The van der Waals surface area contributed by atoms with Gasteiger partial charge in [0.15, 0.2) is 11.5 Å². The number of aliphatic hydroxyl groups excluding tert-OH is 1. The van der Waals surface area contributed by atoms with E-state index in [9.17, 15) is 19.6 Å². The van der Waals surface area contributed by atoms with Crippen LogP contribution in [0.5, 0.6) is 11.5 Å². The Hall–Kier alpha value is -4.35. The summed E-state index contributed by atoms with van der Waals surface area (Å²) in [6, 6.07) is 16.6. The molecule has 8 heteroatoms. The Morgan fingerprint density at radius 1 is 1.14 bits per heavy atom. The number of carbonyl (C=O) groups is 1. The van der Waals surface area contributed by atoms with Crippen LogP contribution in [-0.4, -0.2) is 41.9 Å². The summed E-state index contributed by atoms with van der Waals surface area (Å²) in [7, 11) is 0. The Morgan fingerprint density at radius 3 is 2.80 bits per heavy atom. The maximum absolute atomic E-state index is 13.8. The lowest BCUT2D eigenvalue weighted by atomic mass is 9.98. The highest BCUT2D eigenvalue weighted by molar-refractivity contribution is 5.99. The van der Waals surface area contributed by atoms with E-state index in [0.29, 0.717) is 42.3 Å². The van der Waals surface area contributed by atoms with E-state index < -0.39 is 17.8 Å². The van der Waals surface area contributed by atoms with E-state index in [0.717, 1.165) is 16.5 Å². The first-order valence-corrected chi connectivity index (χ1v) is 11.2. The van der Waals surface area contributed by atoms with Crippen LogP contribution in [0.15, 0.2) is 60.8 Å². The highest BCUT2D eigenvalue weighted by Gasteiger charge is 2.25. The summed E-state index contributed by atoms with van der Waals surface area (Å²) in [5.74, 6) is -0.354. The predicted molar refractivity (Wildman–Crippen MR) is 128 cm³/mol. The van der Waals surface area contributed by atoms with Gasteiger partial charge in [-0.2, -0.15) is 5.26 Å². The van der Waals surface area contributed by atoms with Gasteiger partial charge in [-0.15, -0.1) is 0 Å². The molecule has 1 aliphatic rings. The highest BCUT2D eigenvalue weighted by Crippen LogP contribution is 2.39. The van der Waals surface area contributed by atoms with Crippen molar-refractivity contribution in [3.05, 3.63) is 83.3 Å². The second kappa shape index (κ2) is 9.49. The Bertz CT molecular complexity index is 1460. The summed E-state index contributed by atoms with van der Waals surface area (Å²) in [4.78, 5) is 16.6. The lowest BCUT2D eigenvalue weighted by Crippen LogP contribution is -2.39. The maximum atomic E-state index is 13.8. The lowest BCUT2D eigenvalue weighted by molar-refractivity contribution is 0.0906. The Kier molecular flexibility index (Phi) is 6.08. The third kappa shape index (κ3) is 4.42. The fraction of sp³-hybridized carbons (Fsp3) is 0.185. The second-order valence-electron chi connectivity index (χ2n) is 8.27. The van der Waals surface area contributed by atoms with Crippen molar-refractivity contribution in [2.75, 3.05) is 19.8 Å². The van der Waals surface area contributed by atoms with Gasteiger partial charge in [0.2, 0.25) is 0 Å². The number of aromatic amines is 1. The van der Waals surface area contributed by atoms with Gasteiger partial charge in [-0.1, -0.05) is 24.3 Å².